The maximum atomic E-state index is 12.5. The van der Waals surface area contributed by atoms with Gasteiger partial charge in [-0.15, -0.1) is 0 Å². The van der Waals surface area contributed by atoms with Crippen LogP contribution in [0.5, 0.6) is 0 Å². The predicted octanol–water partition coefficient (Wildman–Crippen LogP) is 2.71. The molecule has 1 aromatic rings. The van der Waals surface area contributed by atoms with Crippen LogP contribution in [-0.2, 0) is 4.74 Å². The number of nitrogens with zero attached hydrogens (tertiary/aromatic N) is 2. The Morgan fingerprint density at radius 2 is 2.28 bits per heavy atom. The molecule has 0 aliphatic carbocycles. The highest BCUT2D eigenvalue weighted by molar-refractivity contribution is 14.1. The Morgan fingerprint density at radius 1 is 1.67 bits per heavy atom. The predicted molar refractivity (Wildman–Crippen MR) is 64.5 cm³/mol. The Hall–Kier alpha value is -1.39. The Kier molecular flexibility index (Phi) is 4.87. The SMILES string of the molecule is CCOC(=O)c1cnc(C(F)F)c(I)c1[N+](=O)[O-]. The van der Waals surface area contributed by atoms with E-state index in [4.69, 9.17) is 0 Å². The van der Waals surface area contributed by atoms with Crippen molar-refractivity contribution in [3.63, 3.8) is 0 Å². The highest BCUT2D eigenvalue weighted by Gasteiger charge is 2.30. The van der Waals surface area contributed by atoms with Gasteiger partial charge in [-0.3, -0.25) is 15.1 Å². The second-order valence-electron chi connectivity index (χ2n) is 3.00. The van der Waals surface area contributed by atoms with Crippen LogP contribution in [0.25, 0.3) is 0 Å². The van der Waals surface area contributed by atoms with Crippen molar-refractivity contribution >= 4 is 34.2 Å². The molecule has 0 atom stereocenters. The number of halogens is 3. The standard InChI is InChI=1S/C9H7F2IN2O4/c1-2-18-9(15)4-3-13-6(8(10)11)5(12)7(4)14(16)17/h3,8H,2H2,1H3. The Balaban J connectivity index is 3.41. The first-order chi connectivity index (χ1) is 8.40. The Morgan fingerprint density at radius 3 is 2.72 bits per heavy atom. The molecule has 0 saturated carbocycles. The van der Waals surface area contributed by atoms with E-state index >= 15 is 0 Å². The molecule has 0 aromatic carbocycles. The van der Waals surface area contributed by atoms with Gasteiger partial charge in [0.1, 0.15) is 9.26 Å². The molecule has 0 N–H and O–H groups in total. The Bertz CT molecular complexity index is 496. The molecule has 18 heavy (non-hydrogen) atoms. The largest absolute Gasteiger partial charge is 0.462 e. The van der Waals surface area contributed by atoms with Crippen molar-refractivity contribution in [1.29, 1.82) is 0 Å². The number of aromatic nitrogens is 1. The molecule has 0 spiro atoms. The lowest BCUT2D eigenvalue weighted by Gasteiger charge is -2.07. The first kappa shape index (κ1) is 14.7. The lowest BCUT2D eigenvalue weighted by atomic mass is 10.2. The summed E-state index contributed by atoms with van der Waals surface area (Å²) >= 11 is 1.37. The van der Waals surface area contributed by atoms with Crippen LogP contribution in [0, 0.1) is 13.7 Å². The third kappa shape index (κ3) is 2.89. The number of rotatable bonds is 4. The molecule has 9 heteroatoms. The second kappa shape index (κ2) is 5.98. The van der Waals surface area contributed by atoms with E-state index in [1.165, 1.54) is 29.5 Å². The minimum Gasteiger partial charge on any atom is -0.462 e. The maximum Gasteiger partial charge on any atom is 0.346 e. The number of hydrogen-bond acceptors (Lipinski definition) is 5. The van der Waals surface area contributed by atoms with E-state index in [1.54, 1.807) is 0 Å². The fourth-order valence-electron chi connectivity index (χ4n) is 1.18. The zero-order chi connectivity index (χ0) is 13.9. The number of carbonyl (C=O) groups is 1. The summed E-state index contributed by atoms with van der Waals surface area (Å²) in [5.74, 6) is -0.963. The van der Waals surface area contributed by atoms with Gasteiger partial charge in [-0.2, -0.15) is 0 Å². The van der Waals surface area contributed by atoms with Crippen molar-refractivity contribution < 1.29 is 23.2 Å². The summed E-state index contributed by atoms with van der Waals surface area (Å²) in [6, 6.07) is 0. The molecule has 0 aliphatic heterocycles. The van der Waals surface area contributed by atoms with Crippen LogP contribution < -0.4 is 0 Å². The molecule has 6 nitrogen and oxygen atoms in total. The minimum absolute atomic E-state index is 0.0170. The molecule has 1 heterocycles. The molecule has 0 amide bonds. The molecule has 0 radical (unpaired) electrons. The van der Waals surface area contributed by atoms with Crippen molar-refractivity contribution in [2.24, 2.45) is 0 Å². The number of nitro groups is 1. The number of carbonyl (C=O) groups excluding carboxylic acids is 1. The molecule has 0 unspecified atom stereocenters. The fraction of sp³-hybridized carbons (Fsp3) is 0.333. The average Bonchev–Trinajstić information content (AvgIpc) is 2.27. The lowest BCUT2D eigenvalue weighted by molar-refractivity contribution is -0.386. The van der Waals surface area contributed by atoms with E-state index in [1.807, 2.05) is 0 Å². The van der Waals surface area contributed by atoms with Gasteiger partial charge in [-0.25, -0.2) is 13.6 Å². The molecule has 98 valence electrons. The fourth-order valence-corrected chi connectivity index (χ4v) is 2.04. The maximum absolute atomic E-state index is 12.5. The molecule has 1 aromatic heterocycles. The van der Waals surface area contributed by atoms with E-state index in [0.29, 0.717) is 0 Å². The number of esters is 1. The van der Waals surface area contributed by atoms with Crippen molar-refractivity contribution in [3.05, 3.63) is 31.1 Å². The summed E-state index contributed by atoms with van der Waals surface area (Å²) in [6.07, 6.45) is -2.22. The van der Waals surface area contributed by atoms with Crippen LogP contribution in [0.1, 0.15) is 29.4 Å². The smallest absolute Gasteiger partial charge is 0.346 e. The van der Waals surface area contributed by atoms with E-state index in [-0.39, 0.29) is 10.2 Å². The number of hydrogen-bond donors (Lipinski definition) is 0. The lowest BCUT2D eigenvalue weighted by Crippen LogP contribution is -2.12. The highest BCUT2D eigenvalue weighted by Crippen LogP contribution is 2.32. The first-order valence-electron chi connectivity index (χ1n) is 4.68. The van der Waals surface area contributed by atoms with E-state index in [9.17, 15) is 23.7 Å². The zero-order valence-corrected chi connectivity index (χ0v) is 11.2. The van der Waals surface area contributed by atoms with Crippen molar-refractivity contribution in [2.45, 2.75) is 13.3 Å². The number of alkyl halides is 2. The summed E-state index contributed by atoms with van der Waals surface area (Å²) in [7, 11) is 0. The number of ether oxygens (including phenoxy) is 1. The topological polar surface area (TPSA) is 82.3 Å². The van der Waals surface area contributed by atoms with Crippen molar-refractivity contribution in [3.8, 4) is 0 Å². The normalized spacial score (nSPS) is 10.5. The van der Waals surface area contributed by atoms with Crippen LogP contribution in [0.4, 0.5) is 14.5 Å². The van der Waals surface area contributed by atoms with Crippen LogP contribution in [0.2, 0.25) is 0 Å². The second-order valence-corrected chi connectivity index (χ2v) is 4.08. The van der Waals surface area contributed by atoms with Gasteiger partial charge in [0.15, 0.2) is 5.56 Å². The number of pyridine rings is 1. The summed E-state index contributed by atoms with van der Waals surface area (Å²) in [5, 5.41) is 10.8. The highest BCUT2D eigenvalue weighted by atomic mass is 127. The van der Waals surface area contributed by atoms with E-state index in [2.05, 4.69) is 9.72 Å². The third-order valence-electron chi connectivity index (χ3n) is 1.91. The van der Waals surface area contributed by atoms with Gasteiger partial charge >= 0.3 is 11.7 Å². The van der Waals surface area contributed by atoms with E-state index < -0.39 is 34.3 Å². The quantitative estimate of drug-likeness (QED) is 0.351. The van der Waals surface area contributed by atoms with Crippen LogP contribution in [0.3, 0.4) is 0 Å². The summed E-state index contributed by atoms with van der Waals surface area (Å²) < 4.78 is 29.3. The molecular weight excluding hydrogens is 365 g/mol. The molecule has 0 aliphatic rings. The van der Waals surface area contributed by atoms with Gasteiger partial charge in [0, 0.05) is 6.20 Å². The summed E-state index contributed by atoms with van der Waals surface area (Å²) in [4.78, 5) is 24.8. The average molecular weight is 372 g/mol. The third-order valence-corrected chi connectivity index (χ3v) is 2.97. The molecule has 0 saturated heterocycles. The van der Waals surface area contributed by atoms with Gasteiger partial charge in [-0.05, 0) is 29.5 Å². The monoisotopic (exact) mass is 372 g/mol. The molecule has 1 rings (SSSR count). The van der Waals surface area contributed by atoms with Gasteiger partial charge in [0.25, 0.3) is 6.43 Å². The summed E-state index contributed by atoms with van der Waals surface area (Å²) in [6.45, 7) is 1.54. The molecule has 0 bridgehead atoms. The molecule has 0 fully saturated rings. The van der Waals surface area contributed by atoms with Gasteiger partial charge in [-0.1, -0.05) is 0 Å². The minimum atomic E-state index is -2.95. The van der Waals surface area contributed by atoms with Crippen LogP contribution >= 0.6 is 22.6 Å². The zero-order valence-electron chi connectivity index (χ0n) is 9.02. The molecular formula is C9H7F2IN2O4. The van der Waals surface area contributed by atoms with Crippen LogP contribution in [0.15, 0.2) is 6.20 Å². The van der Waals surface area contributed by atoms with E-state index in [0.717, 1.165) is 6.20 Å². The Labute approximate surface area is 114 Å². The van der Waals surface area contributed by atoms with Gasteiger partial charge < -0.3 is 4.74 Å². The first-order valence-corrected chi connectivity index (χ1v) is 5.76. The summed E-state index contributed by atoms with van der Waals surface area (Å²) in [5.41, 5.74) is -1.87. The van der Waals surface area contributed by atoms with Crippen molar-refractivity contribution in [2.75, 3.05) is 6.61 Å². The van der Waals surface area contributed by atoms with Crippen LogP contribution in [-0.4, -0.2) is 22.5 Å². The van der Waals surface area contributed by atoms with Crippen molar-refractivity contribution in [1.82, 2.24) is 4.98 Å². The van der Waals surface area contributed by atoms with Gasteiger partial charge in [0.2, 0.25) is 0 Å². The van der Waals surface area contributed by atoms with Gasteiger partial charge in [0.05, 0.1) is 11.5 Å².